The molecule has 1 heterocycles. The summed E-state index contributed by atoms with van der Waals surface area (Å²) in [6.45, 7) is 3.16. The van der Waals surface area contributed by atoms with E-state index in [-0.39, 0.29) is 17.8 Å². The third-order valence-electron chi connectivity index (χ3n) is 5.08. The van der Waals surface area contributed by atoms with Crippen LogP contribution in [0, 0.1) is 5.92 Å². The van der Waals surface area contributed by atoms with Crippen molar-refractivity contribution in [2.24, 2.45) is 5.92 Å². The van der Waals surface area contributed by atoms with Gasteiger partial charge in [0.15, 0.2) is 0 Å². The minimum Gasteiger partial charge on any atom is -0.496 e. The number of hydrogen-bond acceptors (Lipinski definition) is 4. The van der Waals surface area contributed by atoms with E-state index in [0.717, 1.165) is 24.0 Å². The molecule has 1 unspecified atom stereocenters. The number of likely N-dealkylation sites (tertiary alicyclic amines) is 1. The first-order chi connectivity index (χ1) is 14.1. The number of ether oxygens (including phenoxy) is 2. The largest absolute Gasteiger partial charge is 0.496 e. The van der Waals surface area contributed by atoms with Gasteiger partial charge in [0.2, 0.25) is 0 Å². The summed E-state index contributed by atoms with van der Waals surface area (Å²) in [6.07, 6.45) is 3.40. The quantitative estimate of drug-likeness (QED) is 0.422. The molecule has 1 fully saturated rings. The van der Waals surface area contributed by atoms with E-state index >= 15 is 0 Å². The maximum Gasteiger partial charge on any atom is 0.310 e. The van der Waals surface area contributed by atoms with E-state index in [9.17, 15) is 9.59 Å². The zero-order chi connectivity index (χ0) is 20.6. The second-order valence-electron chi connectivity index (χ2n) is 7.01. The highest BCUT2D eigenvalue weighted by molar-refractivity contribution is 6.24. The molecule has 5 nitrogen and oxygen atoms in total. The lowest BCUT2D eigenvalue weighted by atomic mass is 9.95. The van der Waals surface area contributed by atoms with Crippen LogP contribution in [0.25, 0.3) is 11.6 Å². The summed E-state index contributed by atoms with van der Waals surface area (Å²) in [5.74, 6) is 0.129. The van der Waals surface area contributed by atoms with Crippen molar-refractivity contribution in [2.75, 3.05) is 26.8 Å². The van der Waals surface area contributed by atoms with Crippen LogP contribution in [0.5, 0.6) is 5.75 Å². The number of rotatable bonds is 6. The lowest BCUT2D eigenvalue weighted by molar-refractivity contribution is -0.150. The normalized spacial score (nSPS) is 17.0. The fraction of sp³-hybridized carbons (Fsp3) is 0.333. The molecular weight excluding hydrogens is 366 g/mol. The summed E-state index contributed by atoms with van der Waals surface area (Å²) in [7, 11) is 1.62. The van der Waals surface area contributed by atoms with Gasteiger partial charge in [0.05, 0.1) is 19.6 Å². The van der Waals surface area contributed by atoms with Crippen molar-refractivity contribution in [3.8, 4) is 5.75 Å². The van der Waals surface area contributed by atoms with E-state index < -0.39 is 0 Å². The Kier molecular flexibility index (Phi) is 7.06. The second kappa shape index (κ2) is 9.92. The van der Waals surface area contributed by atoms with Crippen LogP contribution in [0.4, 0.5) is 0 Å². The molecule has 1 atom stereocenters. The molecule has 29 heavy (non-hydrogen) atoms. The molecule has 0 aliphatic carbocycles. The zero-order valence-corrected chi connectivity index (χ0v) is 17.0. The number of hydrogen-bond donors (Lipinski definition) is 0. The van der Waals surface area contributed by atoms with Gasteiger partial charge in [-0.15, -0.1) is 0 Å². The number of piperidine rings is 1. The minimum absolute atomic E-state index is 0.0869. The number of carbonyl (C=O) groups excluding carboxylic acids is 2. The Hall–Kier alpha value is -3.08. The Labute approximate surface area is 171 Å². The molecule has 2 aromatic carbocycles. The highest BCUT2D eigenvalue weighted by Gasteiger charge is 2.31. The van der Waals surface area contributed by atoms with Crippen molar-refractivity contribution in [1.82, 2.24) is 4.90 Å². The Morgan fingerprint density at radius 2 is 1.83 bits per heavy atom. The van der Waals surface area contributed by atoms with Gasteiger partial charge in [0.25, 0.3) is 5.91 Å². The van der Waals surface area contributed by atoms with Crippen LogP contribution in [-0.4, -0.2) is 43.6 Å². The molecule has 0 saturated carbocycles. The maximum atomic E-state index is 13.5. The van der Waals surface area contributed by atoms with Gasteiger partial charge < -0.3 is 14.4 Å². The lowest BCUT2D eigenvalue weighted by Gasteiger charge is -2.32. The van der Waals surface area contributed by atoms with Crippen LogP contribution >= 0.6 is 0 Å². The van der Waals surface area contributed by atoms with Crippen LogP contribution in [0.15, 0.2) is 54.6 Å². The fourth-order valence-electron chi connectivity index (χ4n) is 3.61. The standard InChI is InChI=1S/C24H27NO4/c1-3-29-24(27)20-13-9-15-25(17-20)23(26)21(18-10-5-4-6-11-18)16-19-12-7-8-14-22(19)28-2/h4-8,10-12,14,16,20H,3,9,13,15,17H2,1-2H3/b21-16+. The topological polar surface area (TPSA) is 55.8 Å². The van der Waals surface area contributed by atoms with E-state index in [1.807, 2.05) is 60.7 Å². The zero-order valence-electron chi connectivity index (χ0n) is 17.0. The van der Waals surface area contributed by atoms with Crippen molar-refractivity contribution >= 4 is 23.5 Å². The van der Waals surface area contributed by atoms with E-state index in [1.54, 1.807) is 18.9 Å². The lowest BCUT2D eigenvalue weighted by Crippen LogP contribution is -2.43. The Morgan fingerprint density at radius 1 is 1.10 bits per heavy atom. The molecule has 3 rings (SSSR count). The third kappa shape index (κ3) is 5.05. The number of esters is 1. The molecule has 0 radical (unpaired) electrons. The van der Waals surface area contributed by atoms with Crippen LogP contribution in [0.2, 0.25) is 0 Å². The van der Waals surface area contributed by atoms with Crippen LogP contribution in [-0.2, 0) is 14.3 Å². The van der Waals surface area contributed by atoms with Gasteiger partial charge in [0.1, 0.15) is 5.75 Å². The molecule has 5 heteroatoms. The van der Waals surface area contributed by atoms with Crippen molar-refractivity contribution in [1.29, 1.82) is 0 Å². The molecule has 1 aliphatic rings. The highest BCUT2D eigenvalue weighted by Crippen LogP contribution is 2.28. The van der Waals surface area contributed by atoms with Crippen molar-refractivity contribution in [3.63, 3.8) is 0 Å². The Balaban J connectivity index is 1.93. The summed E-state index contributed by atoms with van der Waals surface area (Å²) in [6, 6.07) is 17.2. The molecule has 0 spiro atoms. The summed E-state index contributed by atoms with van der Waals surface area (Å²) in [5, 5.41) is 0. The smallest absolute Gasteiger partial charge is 0.310 e. The number of para-hydroxylation sites is 1. The van der Waals surface area contributed by atoms with Gasteiger partial charge in [-0.3, -0.25) is 9.59 Å². The molecule has 0 aromatic heterocycles. The minimum atomic E-state index is -0.268. The summed E-state index contributed by atoms with van der Waals surface area (Å²) >= 11 is 0. The van der Waals surface area contributed by atoms with Gasteiger partial charge in [-0.25, -0.2) is 0 Å². The fourth-order valence-corrected chi connectivity index (χ4v) is 3.61. The van der Waals surface area contributed by atoms with Crippen molar-refractivity contribution in [2.45, 2.75) is 19.8 Å². The molecule has 1 amide bonds. The number of benzene rings is 2. The Bertz CT molecular complexity index is 875. The van der Waals surface area contributed by atoms with Gasteiger partial charge in [-0.1, -0.05) is 48.5 Å². The number of nitrogens with zero attached hydrogens (tertiary/aromatic N) is 1. The summed E-state index contributed by atoms with van der Waals surface area (Å²) in [5.41, 5.74) is 2.25. The molecular formula is C24H27NO4. The second-order valence-corrected chi connectivity index (χ2v) is 7.01. The molecule has 2 aromatic rings. The van der Waals surface area contributed by atoms with Crippen LogP contribution in [0.1, 0.15) is 30.9 Å². The molecule has 0 bridgehead atoms. The van der Waals surface area contributed by atoms with Gasteiger partial charge in [0, 0.05) is 24.2 Å². The average molecular weight is 393 g/mol. The van der Waals surface area contributed by atoms with Crippen LogP contribution in [0.3, 0.4) is 0 Å². The van der Waals surface area contributed by atoms with Crippen molar-refractivity contribution < 1.29 is 19.1 Å². The molecule has 0 N–H and O–H groups in total. The average Bonchev–Trinajstić information content (AvgIpc) is 2.78. The van der Waals surface area contributed by atoms with E-state index in [2.05, 4.69) is 0 Å². The summed E-state index contributed by atoms with van der Waals surface area (Å²) in [4.78, 5) is 27.4. The molecule has 1 aliphatic heterocycles. The third-order valence-corrected chi connectivity index (χ3v) is 5.08. The highest BCUT2D eigenvalue weighted by atomic mass is 16.5. The van der Waals surface area contributed by atoms with Gasteiger partial charge in [-0.05, 0) is 37.5 Å². The number of methoxy groups -OCH3 is 1. The number of amides is 1. The predicted octanol–water partition coefficient (Wildman–Crippen LogP) is 4.04. The van der Waals surface area contributed by atoms with E-state index in [4.69, 9.17) is 9.47 Å². The first kappa shape index (κ1) is 20.6. The Morgan fingerprint density at radius 3 is 2.55 bits per heavy atom. The first-order valence-electron chi connectivity index (χ1n) is 10.00. The van der Waals surface area contributed by atoms with E-state index in [0.29, 0.717) is 31.0 Å². The molecule has 152 valence electrons. The SMILES string of the molecule is CCOC(=O)C1CCCN(C(=O)/C(=C/c2ccccc2OC)c2ccccc2)C1. The maximum absolute atomic E-state index is 13.5. The van der Waals surface area contributed by atoms with Crippen molar-refractivity contribution in [3.05, 3.63) is 65.7 Å². The molecule has 1 saturated heterocycles. The number of carbonyl (C=O) groups is 2. The van der Waals surface area contributed by atoms with E-state index in [1.165, 1.54) is 0 Å². The van der Waals surface area contributed by atoms with Gasteiger partial charge in [-0.2, -0.15) is 0 Å². The summed E-state index contributed by atoms with van der Waals surface area (Å²) < 4.78 is 10.6. The monoisotopic (exact) mass is 393 g/mol. The first-order valence-corrected chi connectivity index (χ1v) is 10.00. The predicted molar refractivity (Wildman–Crippen MR) is 113 cm³/mol. The van der Waals surface area contributed by atoms with Crippen LogP contribution < -0.4 is 4.74 Å². The van der Waals surface area contributed by atoms with Gasteiger partial charge >= 0.3 is 5.97 Å².